The van der Waals surface area contributed by atoms with Crippen LogP contribution in [0, 0.1) is 11.6 Å². The van der Waals surface area contributed by atoms with E-state index in [0.29, 0.717) is 12.1 Å². The maximum atomic E-state index is 13.9. The first kappa shape index (κ1) is 23.4. The van der Waals surface area contributed by atoms with Gasteiger partial charge in [-0.15, -0.1) is 0 Å². The van der Waals surface area contributed by atoms with Crippen molar-refractivity contribution in [3.63, 3.8) is 0 Å². The van der Waals surface area contributed by atoms with Crippen molar-refractivity contribution < 1.29 is 31.5 Å². The third-order valence-electron chi connectivity index (χ3n) is 3.81. The molecule has 0 aliphatic heterocycles. The zero-order valence-electron chi connectivity index (χ0n) is 15.6. The molecule has 0 fully saturated rings. The molecule has 10 heteroatoms. The van der Waals surface area contributed by atoms with E-state index in [1.165, 1.54) is 6.07 Å². The predicted molar refractivity (Wildman–Crippen MR) is 103 cm³/mol. The Hall–Kier alpha value is -2.91. The first-order chi connectivity index (χ1) is 13.9. The number of ether oxygens (including phenoxy) is 1. The Morgan fingerprint density at radius 1 is 1.23 bits per heavy atom. The lowest BCUT2D eigenvalue weighted by molar-refractivity contribution is -0.138. The summed E-state index contributed by atoms with van der Waals surface area (Å²) in [6.45, 7) is 5.08. The molecule has 2 rings (SSSR count). The molecule has 2 N–H and O–H groups in total. The van der Waals surface area contributed by atoms with Crippen LogP contribution in [0.5, 0.6) is 0 Å². The van der Waals surface area contributed by atoms with Gasteiger partial charge in [0.2, 0.25) is 0 Å². The summed E-state index contributed by atoms with van der Waals surface area (Å²) in [6.07, 6.45) is -3.80. The van der Waals surface area contributed by atoms with Crippen LogP contribution >= 0.6 is 11.6 Å². The van der Waals surface area contributed by atoms with Gasteiger partial charge in [-0.25, -0.2) is 19.4 Å². The second-order valence-corrected chi connectivity index (χ2v) is 6.38. The van der Waals surface area contributed by atoms with Gasteiger partial charge in [0.15, 0.2) is 0 Å². The van der Waals surface area contributed by atoms with Crippen LogP contribution in [0.25, 0.3) is 5.70 Å². The van der Waals surface area contributed by atoms with Gasteiger partial charge in [0.25, 0.3) is 0 Å². The van der Waals surface area contributed by atoms with Crippen molar-refractivity contribution in [2.24, 2.45) is 5.84 Å². The van der Waals surface area contributed by atoms with Crippen LogP contribution in [0.15, 0.2) is 54.6 Å². The normalized spacial score (nSPS) is 11.9. The molecule has 0 saturated heterocycles. The highest BCUT2D eigenvalue weighted by Crippen LogP contribution is 2.34. The van der Waals surface area contributed by atoms with Crippen molar-refractivity contribution in [2.45, 2.75) is 13.1 Å². The number of rotatable bonds is 6. The number of esters is 1. The lowest BCUT2D eigenvalue weighted by Crippen LogP contribution is -2.29. The fourth-order valence-electron chi connectivity index (χ4n) is 2.41. The maximum absolute atomic E-state index is 13.9. The highest BCUT2D eigenvalue weighted by molar-refractivity contribution is 6.31. The summed E-state index contributed by atoms with van der Waals surface area (Å²) in [4.78, 5) is 11.9. The predicted octanol–water partition coefficient (Wildman–Crippen LogP) is 5.48. The summed E-state index contributed by atoms with van der Waals surface area (Å²) < 4.78 is 71.6. The Morgan fingerprint density at radius 2 is 1.90 bits per heavy atom. The Balaban J connectivity index is 2.65. The highest BCUT2D eigenvalue weighted by atomic mass is 35.5. The van der Waals surface area contributed by atoms with E-state index in [0.717, 1.165) is 29.3 Å². The number of carbonyl (C=O) groups is 1. The number of hydrogen-bond acceptors (Lipinski definition) is 4. The first-order valence-corrected chi connectivity index (χ1v) is 8.77. The zero-order chi connectivity index (χ0) is 22.6. The van der Waals surface area contributed by atoms with E-state index in [2.05, 4.69) is 6.58 Å². The maximum Gasteiger partial charge on any atom is 0.416 e. The van der Waals surface area contributed by atoms with E-state index in [1.54, 1.807) is 6.92 Å². The molecular weight excluding hydrogens is 431 g/mol. The number of carbonyl (C=O) groups excluding carboxylic acids is 1. The number of anilines is 1. The summed E-state index contributed by atoms with van der Waals surface area (Å²) in [5, 5.41) is 0.520. The number of nitrogens with two attached hydrogens (primary N) is 1. The molecule has 0 radical (unpaired) electrons. The molecule has 0 saturated carbocycles. The van der Waals surface area contributed by atoms with Crippen molar-refractivity contribution >= 4 is 29.0 Å². The van der Waals surface area contributed by atoms with E-state index in [4.69, 9.17) is 22.2 Å². The van der Waals surface area contributed by atoms with E-state index < -0.39 is 29.3 Å². The minimum Gasteiger partial charge on any atom is -0.462 e. The molecule has 0 unspecified atom stereocenters. The Bertz CT molecular complexity index is 1010. The smallest absolute Gasteiger partial charge is 0.416 e. The van der Waals surface area contributed by atoms with Crippen LogP contribution in [0.2, 0.25) is 5.02 Å². The average molecular weight is 447 g/mol. The van der Waals surface area contributed by atoms with Gasteiger partial charge in [0, 0.05) is 5.56 Å². The van der Waals surface area contributed by atoms with Crippen LogP contribution in [0.1, 0.15) is 18.1 Å². The van der Waals surface area contributed by atoms with E-state index in [9.17, 15) is 26.7 Å². The Labute approximate surface area is 174 Å². The second kappa shape index (κ2) is 9.27. The quantitative estimate of drug-likeness (QED) is 0.159. The van der Waals surface area contributed by atoms with Crippen molar-refractivity contribution in [1.29, 1.82) is 0 Å². The van der Waals surface area contributed by atoms with Gasteiger partial charge < -0.3 is 4.74 Å². The van der Waals surface area contributed by atoms with Crippen molar-refractivity contribution in [1.82, 2.24) is 0 Å². The summed E-state index contributed by atoms with van der Waals surface area (Å²) >= 11 is 5.74. The first-order valence-electron chi connectivity index (χ1n) is 8.39. The SMILES string of the molecule is C=C(/C=C(/c1cc(F)cc(C(F)(F)F)c1)N(N)c1ccc(F)c(Cl)c1)C(=O)OCC. The van der Waals surface area contributed by atoms with Gasteiger partial charge in [-0.1, -0.05) is 18.2 Å². The Kier molecular flexibility index (Phi) is 7.22. The summed E-state index contributed by atoms with van der Waals surface area (Å²) in [5.41, 5.74) is -2.01. The number of hydrogen-bond donors (Lipinski definition) is 1. The van der Waals surface area contributed by atoms with Crippen LogP contribution in [0.3, 0.4) is 0 Å². The lowest BCUT2D eigenvalue weighted by atomic mass is 10.0. The van der Waals surface area contributed by atoms with Crippen molar-refractivity contribution in [3.8, 4) is 0 Å². The molecular formula is C20H16ClF5N2O2. The third kappa shape index (κ3) is 5.58. The molecule has 0 amide bonds. The van der Waals surface area contributed by atoms with Gasteiger partial charge in [0.1, 0.15) is 11.6 Å². The van der Waals surface area contributed by atoms with Gasteiger partial charge in [0.05, 0.1) is 34.2 Å². The van der Waals surface area contributed by atoms with Crippen molar-refractivity contribution in [3.05, 3.63) is 82.4 Å². The lowest BCUT2D eigenvalue weighted by Gasteiger charge is -2.24. The molecule has 0 aliphatic rings. The van der Waals surface area contributed by atoms with E-state index in [-0.39, 0.29) is 34.2 Å². The molecule has 0 atom stereocenters. The topological polar surface area (TPSA) is 55.6 Å². The number of benzene rings is 2. The molecule has 2 aromatic carbocycles. The molecule has 30 heavy (non-hydrogen) atoms. The largest absolute Gasteiger partial charge is 0.462 e. The molecule has 0 aromatic heterocycles. The summed E-state index contributed by atoms with van der Waals surface area (Å²) in [5.74, 6) is 3.22. The van der Waals surface area contributed by atoms with Crippen LogP contribution in [-0.4, -0.2) is 12.6 Å². The molecule has 0 spiro atoms. The van der Waals surface area contributed by atoms with Gasteiger partial charge in [-0.2, -0.15) is 13.2 Å². The minimum absolute atomic E-state index is 0.0269. The second-order valence-electron chi connectivity index (χ2n) is 5.97. The molecule has 0 heterocycles. The van der Waals surface area contributed by atoms with Crippen molar-refractivity contribution in [2.75, 3.05) is 11.6 Å². The average Bonchev–Trinajstić information content (AvgIpc) is 2.66. The highest BCUT2D eigenvalue weighted by Gasteiger charge is 2.32. The van der Waals surface area contributed by atoms with Gasteiger partial charge in [-0.3, -0.25) is 5.01 Å². The molecule has 0 bridgehead atoms. The fourth-order valence-corrected chi connectivity index (χ4v) is 2.59. The Morgan fingerprint density at radius 3 is 2.47 bits per heavy atom. The van der Waals surface area contributed by atoms with Crippen LogP contribution in [-0.2, 0) is 15.7 Å². The zero-order valence-corrected chi connectivity index (χ0v) is 16.3. The summed E-state index contributed by atoms with van der Waals surface area (Å²) in [7, 11) is 0. The fraction of sp³-hybridized carbons (Fsp3) is 0.150. The molecule has 2 aromatic rings. The third-order valence-corrected chi connectivity index (χ3v) is 4.10. The summed E-state index contributed by atoms with van der Waals surface area (Å²) in [6, 6.07) is 5.07. The molecule has 160 valence electrons. The molecule has 4 nitrogen and oxygen atoms in total. The standard InChI is InChI=1S/C20H16ClF5N2O2/c1-3-30-19(29)11(2)6-18(28(27)15-4-5-17(23)16(21)10-15)12-7-13(20(24,25)26)9-14(22)8-12/h4-10H,2-3,27H2,1H3/b18-6-. The van der Waals surface area contributed by atoms with Gasteiger partial charge >= 0.3 is 12.1 Å². The van der Waals surface area contributed by atoms with E-state index >= 15 is 0 Å². The number of nitrogens with zero attached hydrogens (tertiary/aromatic N) is 1. The number of hydrazine groups is 1. The minimum atomic E-state index is -4.83. The van der Waals surface area contributed by atoms with Crippen LogP contribution < -0.4 is 10.9 Å². The number of alkyl halides is 3. The van der Waals surface area contributed by atoms with Gasteiger partial charge in [-0.05, 0) is 49.4 Å². The number of halogens is 6. The van der Waals surface area contributed by atoms with E-state index in [1.807, 2.05) is 0 Å². The molecule has 0 aliphatic carbocycles. The van der Waals surface area contributed by atoms with Crippen LogP contribution in [0.4, 0.5) is 27.6 Å². The monoisotopic (exact) mass is 446 g/mol.